The predicted molar refractivity (Wildman–Crippen MR) is 171 cm³/mol. The van der Waals surface area contributed by atoms with Gasteiger partial charge in [0, 0.05) is 0 Å². The van der Waals surface area contributed by atoms with Gasteiger partial charge < -0.3 is 0 Å². The van der Waals surface area contributed by atoms with Crippen LogP contribution >= 0.6 is 0 Å². The summed E-state index contributed by atoms with van der Waals surface area (Å²) in [5.74, 6) is 0. The topological polar surface area (TPSA) is 0 Å². The summed E-state index contributed by atoms with van der Waals surface area (Å²) < 4.78 is 5.16. The Morgan fingerprint density at radius 3 is 1.77 bits per heavy atom. The maximum atomic E-state index is 2.82. The van der Waals surface area contributed by atoms with Crippen LogP contribution in [0.25, 0.3) is 11.1 Å². The van der Waals surface area contributed by atoms with Gasteiger partial charge >= 0.3 is 248 Å². The van der Waals surface area contributed by atoms with Crippen molar-refractivity contribution >= 4 is 11.8 Å². The Kier molecular flexibility index (Phi) is 7.71. The first kappa shape index (κ1) is 28.6. The fourth-order valence-electron chi connectivity index (χ4n) is 6.04. The molecule has 2 heteroatoms. The molecule has 0 heterocycles. The Labute approximate surface area is 246 Å². The van der Waals surface area contributed by atoms with Crippen molar-refractivity contribution in [2.24, 2.45) is 0 Å². The molecule has 3 aromatic rings. The van der Waals surface area contributed by atoms with Crippen molar-refractivity contribution in [2.45, 2.75) is 88.5 Å². The third kappa shape index (κ3) is 5.94. The minimum absolute atomic E-state index is 0.139. The van der Waals surface area contributed by atoms with Gasteiger partial charge in [0.25, 0.3) is 0 Å². The van der Waals surface area contributed by atoms with E-state index in [1.54, 1.807) is 19.6 Å². The number of hydrogen-bond acceptors (Lipinski definition) is 0. The molecular formula is C37H46SiZr. The number of benzene rings is 3. The van der Waals surface area contributed by atoms with E-state index in [1.165, 1.54) is 34.2 Å². The van der Waals surface area contributed by atoms with E-state index in [2.05, 4.69) is 144 Å². The number of rotatable bonds is 5. The third-order valence-electron chi connectivity index (χ3n) is 8.57. The zero-order chi connectivity index (χ0) is 28.2. The fraction of sp³-hybridized carbons (Fsp3) is 0.378. The van der Waals surface area contributed by atoms with Crippen LogP contribution in [-0.4, -0.2) is 11.8 Å². The van der Waals surface area contributed by atoms with E-state index in [0.29, 0.717) is 3.63 Å². The summed E-state index contributed by atoms with van der Waals surface area (Å²) in [5, 5.41) is 1.66. The van der Waals surface area contributed by atoms with Crippen LogP contribution in [-0.2, 0) is 38.5 Å². The van der Waals surface area contributed by atoms with Gasteiger partial charge in [0.2, 0.25) is 0 Å². The van der Waals surface area contributed by atoms with Crippen LogP contribution < -0.4 is 0 Å². The number of hydrogen-bond donors (Lipinski definition) is 0. The Hall–Kier alpha value is -1.89. The number of fused-ring (bicyclic) bond motifs is 3. The molecule has 0 nitrogen and oxygen atoms in total. The average molecular weight is 610 g/mol. The van der Waals surface area contributed by atoms with Gasteiger partial charge in [-0.3, -0.25) is 0 Å². The molecule has 0 atom stereocenters. The van der Waals surface area contributed by atoms with E-state index in [9.17, 15) is 0 Å². The zero-order valence-corrected chi connectivity index (χ0v) is 29.0. The summed E-state index contributed by atoms with van der Waals surface area (Å²) in [6, 6.07) is 26.1. The fourth-order valence-corrected chi connectivity index (χ4v) is 15.5. The van der Waals surface area contributed by atoms with Gasteiger partial charge in [-0.1, -0.05) is 0 Å². The van der Waals surface area contributed by atoms with Crippen LogP contribution in [0.4, 0.5) is 0 Å². The Bertz CT molecular complexity index is 1420. The van der Waals surface area contributed by atoms with Crippen LogP contribution in [0.1, 0.15) is 79.4 Å². The number of allylic oxidation sites excluding steroid dienone is 4. The van der Waals surface area contributed by atoms with Crippen LogP contribution in [0.5, 0.6) is 0 Å². The minimum atomic E-state index is -2.28. The standard InChI is InChI=1S/C21H25.C8H13Si.C8H8.Zr/c1-20(2,3)16-9-7-14-11-15-8-10-17(21(4,5)6)13-19(15)18(14)12-16;1-9(2,3)8-6-4-5-7-8;1-2-8-6-4-3-5-7-8;/h7-13H,1-6H3;6-7H,4H2,1-3H3;1,3-7H,2H2;. The molecule has 3 aromatic carbocycles. The van der Waals surface area contributed by atoms with E-state index in [0.717, 1.165) is 6.42 Å². The Morgan fingerprint density at radius 2 is 1.31 bits per heavy atom. The summed E-state index contributed by atoms with van der Waals surface area (Å²) in [6.45, 7) is 21.5. The molecule has 0 bridgehead atoms. The summed E-state index contributed by atoms with van der Waals surface area (Å²) >= 11 is -2.28. The quantitative estimate of drug-likeness (QED) is 0.253. The van der Waals surface area contributed by atoms with Gasteiger partial charge in [-0.15, -0.1) is 0 Å². The summed E-state index contributed by atoms with van der Waals surface area (Å²) in [6.07, 6.45) is 7.51. The van der Waals surface area contributed by atoms with Crippen molar-refractivity contribution in [3.05, 3.63) is 115 Å². The first-order chi connectivity index (χ1) is 18.2. The molecule has 0 saturated carbocycles. The van der Waals surface area contributed by atoms with Gasteiger partial charge in [0.1, 0.15) is 0 Å². The molecule has 39 heavy (non-hydrogen) atoms. The molecule has 5 rings (SSSR count). The van der Waals surface area contributed by atoms with Crippen molar-refractivity contribution in [3.8, 4) is 11.1 Å². The van der Waals surface area contributed by atoms with Gasteiger partial charge in [0.05, 0.1) is 0 Å². The average Bonchev–Trinajstić information content (AvgIpc) is 3.47. The van der Waals surface area contributed by atoms with Crippen LogP contribution in [0.3, 0.4) is 0 Å². The first-order valence-corrected chi connectivity index (χ1v) is 22.2. The normalized spacial score (nSPS) is 16.2. The van der Waals surface area contributed by atoms with E-state index in [4.69, 9.17) is 0 Å². The molecule has 0 N–H and O–H groups in total. The molecular weight excluding hydrogens is 564 g/mol. The molecule has 0 unspecified atom stereocenters. The van der Waals surface area contributed by atoms with Crippen molar-refractivity contribution in [3.63, 3.8) is 0 Å². The molecule has 0 amide bonds. The van der Waals surface area contributed by atoms with Crippen LogP contribution in [0.15, 0.2) is 87.4 Å². The van der Waals surface area contributed by atoms with E-state index >= 15 is 0 Å². The van der Waals surface area contributed by atoms with Crippen LogP contribution in [0.2, 0.25) is 19.6 Å². The molecule has 0 spiro atoms. The molecule has 0 aliphatic heterocycles. The van der Waals surface area contributed by atoms with E-state index in [-0.39, 0.29) is 10.8 Å². The molecule has 0 saturated heterocycles. The van der Waals surface area contributed by atoms with Gasteiger partial charge in [0.15, 0.2) is 0 Å². The van der Waals surface area contributed by atoms with Gasteiger partial charge in [-0.25, -0.2) is 0 Å². The molecule has 2 aliphatic rings. The van der Waals surface area contributed by atoms with Crippen molar-refractivity contribution in [1.29, 1.82) is 0 Å². The van der Waals surface area contributed by atoms with Crippen molar-refractivity contribution in [1.82, 2.24) is 0 Å². The van der Waals surface area contributed by atoms with E-state index in [1.807, 2.05) is 0 Å². The SMILES string of the molecule is CC(C)(C)c1ccc2c(c1)-c1cc(C(C)(C)C)ccc1[CH]2[Zr](=[CH]Cc1ccccc1)[C]1=CC([Si](C)(C)C)=CC1. The van der Waals surface area contributed by atoms with Crippen molar-refractivity contribution in [2.75, 3.05) is 0 Å². The first-order valence-electron chi connectivity index (χ1n) is 14.7. The Morgan fingerprint density at radius 1 is 0.769 bits per heavy atom. The second-order valence-corrected chi connectivity index (χ2v) is 26.0. The third-order valence-corrected chi connectivity index (χ3v) is 18.0. The van der Waals surface area contributed by atoms with Crippen LogP contribution in [0, 0.1) is 0 Å². The molecule has 202 valence electrons. The maximum absolute atomic E-state index is 2.82. The molecule has 0 radical (unpaired) electrons. The zero-order valence-electron chi connectivity index (χ0n) is 25.6. The molecule has 0 fully saturated rings. The second kappa shape index (κ2) is 10.5. The summed E-state index contributed by atoms with van der Waals surface area (Å²) in [4.78, 5) is 0. The van der Waals surface area contributed by atoms with Crippen molar-refractivity contribution < 1.29 is 21.3 Å². The second-order valence-electron chi connectivity index (χ2n) is 14.7. The van der Waals surface area contributed by atoms with Gasteiger partial charge in [-0.05, 0) is 0 Å². The van der Waals surface area contributed by atoms with Gasteiger partial charge in [-0.2, -0.15) is 0 Å². The summed E-state index contributed by atoms with van der Waals surface area (Å²) in [5.41, 5.74) is 10.8. The monoisotopic (exact) mass is 608 g/mol. The summed E-state index contributed by atoms with van der Waals surface area (Å²) in [7, 11) is -1.34. The molecule has 0 aromatic heterocycles. The Balaban J connectivity index is 1.71. The van der Waals surface area contributed by atoms with E-state index < -0.39 is 29.3 Å². The molecule has 2 aliphatic carbocycles. The predicted octanol–water partition coefficient (Wildman–Crippen LogP) is 10.1.